The van der Waals surface area contributed by atoms with Gasteiger partial charge in [0.25, 0.3) is 0 Å². The van der Waals surface area contributed by atoms with Gasteiger partial charge in [-0.1, -0.05) is 6.07 Å². The van der Waals surface area contributed by atoms with Gasteiger partial charge in [0, 0.05) is 19.3 Å². The maximum atomic E-state index is 4.33. The maximum Gasteiger partial charge on any atom is 0.128 e. The fraction of sp³-hybridized carbons (Fsp3) is 0.500. The summed E-state index contributed by atoms with van der Waals surface area (Å²) in [5.41, 5.74) is 0. The van der Waals surface area contributed by atoms with Gasteiger partial charge < -0.3 is 4.90 Å². The number of halogens is 2. The summed E-state index contributed by atoms with van der Waals surface area (Å²) >= 11 is 0. The minimum Gasteiger partial charge on any atom is -0.357 e. The molecule has 1 aliphatic heterocycles. The van der Waals surface area contributed by atoms with Crippen molar-refractivity contribution in [1.82, 2.24) is 4.98 Å². The molecule has 0 saturated carbocycles. The molecule has 14 heavy (non-hydrogen) atoms. The van der Waals surface area contributed by atoms with Crippen LogP contribution >= 0.6 is 24.8 Å². The predicted octanol–water partition coefficient (Wildman–Crippen LogP) is 2.92. The molecule has 0 unspecified atom stereocenters. The van der Waals surface area contributed by atoms with Crippen molar-refractivity contribution in [2.75, 3.05) is 18.0 Å². The molecule has 0 amide bonds. The molecule has 2 nitrogen and oxygen atoms in total. The van der Waals surface area contributed by atoms with Gasteiger partial charge in [-0.2, -0.15) is 0 Å². The smallest absolute Gasteiger partial charge is 0.128 e. The Morgan fingerprint density at radius 1 is 1.00 bits per heavy atom. The Bertz CT molecular complexity index is 235. The van der Waals surface area contributed by atoms with E-state index in [9.17, 15) is 0 Å². The van der Waals surface area contributed by atoms with Crippen LogP contribution in [0.15, 0.2) is 24.4 Å². The van der Waals surface area contributed by atoms with E-state index in [2.05, 4.69) is 22.0 Å². The molecule has 1 aromatic heterocycles. The van der Waals surface area contributed by atoms with Crippen molar-refractivity contribution in [2.45, 2.75) is 19.3 Å². The number of hydrogen-bond acceptors (Lipinski definition) is 2. The van der Waals surface area contributed by atoms with Crippen LogP contribution in [-0.4, -0.2) is 18.1 Å². The summed E-state index contributed by atoms with van der Waals surface area (Å²) < 4.78 is 0. The van der Waals surface area contributed by atoms with Crippen LogP contribution in [0.5, 0.6) is 0 Å². The van der Waals surface area contributed by atoms with Gasteiger partial charge in [0.05, 0.1) is 0 Å². The number of hydrogen-bond donors (Lipinski definition) is 0. The van der Waals surface area contributed by atoms with Crippen LogP contribution in [0, 0.1) is 0 Å². The highest BCUT2D eigenvalue weighted by Gasteiger charge is 2.10. The lowest BCUT2D eigenvalue weighted by Crippen LogP contribution is -2.29. The summed E-state index contributed by atoms with van der Waals surface area (Å²) in [6.45, 7) is 2.36. The Morgan fingerprint density at radius 2 is 1.71 bits per heavy atom. The van der Waals surface area contributed by atoms with E-state index in [0.717, 1.165) is 5.82 Å². The predicted molar refractivity (Wildman–Crippen MR) is 64.8 cm³/mol. The minimum absolute atomic E-state index is 0. The first kappa shape index (κ1) is 13.5. The van der Waals surface area contributed by atoms with Gasteiger partial charge in [0.15, 0.2) is 0 Å². The largest absolute Gasteiger partial charge is 0.357 e. The lowest BCUT2D eigenvalue weighted by Gasteiger charge is -2.27. The fourth-order valence-electron chi connectivity index (χ4n) is 1.66. The Hall–Kier alpha value is -0.470. The molecule has 2 rings (SSSR count). The van der Waals surface area contributed by atoms with Gasteiger partial charge in [0.2, 0.25) is 0 Å². The molecule has 0 spiro atoms. The van der Waals surface area contributed by atoms with Gasteiger partial charge in [-0.15, -0.1) is 24.8 Å². The SMILES string of the molecule is Cl.Cl.c1ccc(N2CCCCC2)nc1. The molecule has 0 atom stereocenters. The highest BCUT2D eigenvalue weighted by molar-refractivity contribution is 5.85. The Kier molecular flexibility index (Phi) is 6.67. The Balaban J connectivity index is 0.000000845. The lowest BCUT2D eigenvalue weighted by molar-refractivity contribution is 0.573. The molecule has 2 heterocycles. The zero-order chi connectivity index (χ0) is 8.23. The summed E-state index contributed by atoms with van der Waals surface area (Å²) in [5, 5.41) is 0. The maximum absolute atomic E-state index is 4.33. The molecule has 1 saturated heterocycles. The quantitative estimate of drug-likeness (QED) is 0.744. The number of pyridine rings is 1. The standard InChI is InChI=1S/C10H14N2.2ClH/c1-4-8-12(9-5-1)10-6-2-3-7-11-10;;/h2-3,6-7H,1,4-5,8-9H2;2*1H. The molecule has 1 aliphatic rings. The highest BCUT2D eigenvalue weighted by atomic mass is 35.5. The number of anilines is 1. The van der Waals surface area contributed by atoms with Crippen molar-refractivity contribution in [3.8, 4) is 0 Å². The number of piperidine rings is 1. The van der Waals surface area contributed by atoms with Gasteiger partial charge in [-0.25, -0.2) is 4.98 Å². The first-order valence-electron chi connectivity index (χ1n) is 4.63. The summed E-state index contributed by atoms with van der Waals surface area (Å²) in [6.07, 6.45) is 5.88. The van der Waals surface area contributed by atoms with E-state index in [4.69, 9.17) is 0 Å². The van der Waals surface area contributed by atoms with E-state index in [1.165, 1.54) is 32.4 Å². The first-order valence-corrected chi connectivity index (χ1v) is 4.63. The normalized spacial score (nSPS) is 15.3. The minimum atomic E-state index is 0. The monoisotopic (exact) mass is 234 g/mol. The van der Waals surface area contributed by atoms with E-state index < -0.39 is 0 Å². The van der Waals surface area contributed by atoms with Crippen LogP contribution in [0.4, 0.5) is 5.82 Å². The first-order chi connectivity index (χ1) is 5.97. The molecule has 0 bridgehead atoms. The van der Waals surface area contributed by atoms with Crippen molar-refractivity contribution in [1.29, 1.82) is 0 Å². The van der Waals surface area contributed by atoms with Crippen LogP contribution in [0.3, 0.4) is 0 Å². The average molecular weight is 235 g/mol. The van der Waals surface area contributed by atoms with Gasteiger partial charge in [-0.05, 0) is 31.4 Å². The van der Waals surface area contributed by atoms with E-state index >= 15 is 0 Å². The highest BCUT2D eigenvalue weighted by Crippen LogP contribution is 2.15. The molecule has 80 valence electrons. The molecule has 0 aliphatic carbocycles. The molecule has 0 aromatic carbocycles. The average Bonchev–Trinajstić information content (AvgIpc) is 2.21. The third-order valence-electron chi connectivity index (χ3n) is 2.33. The van der Waals surface area contributed by atoms with Gasteiger partial charge in [0.1, 0.15) is 5.82 Å². The van der Waals surface area contributed by atoms with Crippen molar-refractivity contribution < 1.29 is 0 Å². The van der Waals surface area contributed by atoms with E-state index in [1.807, 2.05) is 12.3 Å². The zero-order valence-electron chi connectivity index (χ0n) is 8.06. The van der Waals surface area contributed by atoms with Crippen LogP contribution < -0.4 is 4.90 Å². The molecule has 1 aromatic rings. The van der Waals surface area contributed by atoms with E-state index in [-0.39, 0.29) is 24.8 Å². The third kappa shape index (κ3) is 3.35. The number of nitrogens with zero attached hydrogens (tertiary/aromatic N) is 2. The summed E-state index contributed by atoms with van der Waals surface area (Å²) in [4.78, 5) is 6.69. The van der Waals surface area contributed by atoms with Gasteiger partial charge >= 0.3 is 0 Å². The van der Waals surface area contributed by atoms with Crippen molar-refractivity contribution in [3.63, 3.8) is 0 Å². The van der Waals surface area contributed by atoms with Crippen LogP contribution in [0.2, 0.25) is 0 Å². The van der Waals surface area contributed by atoms with E-state index in [0.29, 0.717) is 0 Å². The summed E-state index contributed by atoms with van der Waals surface area (Å²) in [7, 11) is 0. The molecule has 0 radical (unpaired) electrons. The van der Waals surface area contributed by atoms with E-state index in [1.54, 1.807) is 0 Å². The number of aromatic nitrogens is 1. The molecule has 0 N–H and O–H groups in total. The molecular formula is C10H16Cl2N2. The zero-order valence-corrected chi connectivity index (χ0v) is 9.69. The van der Waals surface area contributed by atoms with Crippen molar-refractivity contribution in [3.05, 3.63) is 24.4 Å². The topological polar surface area (TPSA) is 16.1 Å². The van der Waals surface area contributed by atoms with Crippen molar-refractivity contribution in [2.24, 2.45) is 0 Å². The molecule has 4 heteroatoms. The summed E-state index contributed by atoms with van der Waals surface area (Å²) in [5.74, 6) is 1.14. The third-order valence-corrected chi connectivity index (χ3v) is 2.33. The Morgan fingerprint density at radius 3 is 2.29 bits per heavy atom. The van der Waals surface area contributed by atoms with Crippen LogP contribution in [0.1, 0.15) is 19.3 Å². The van der Waals surface area contributed by atoms with Gasteiger partial charge in [-0.3, -0.25) is 0 Å². The van der Waals surface area contributed by atoms with Crippen LogP contribution in [-0.2, 0) is 0 Å². The number of rotatable bonds is 1. The van der Waals surface area contributed by atoms with Crippen LogP contribution in [0.25, 0.3) is 0 Å². The summed E-state index contributed by atoms with van der Waals surface area (Å²) in [6, 6.07) is 6.11. The second-order valence-corrected chi connectivity index (χ2v) is 3.24. The lowest BCUT2D eigenvalue weighted by atomic mass is 10.1. The Labute approximate surface area is 97.5 Å². The molecular weight excluding hydrogens is 219 g/mol. The second-order valence-electron chi connectivity index (χ2n) is 3.24. The van der Waals surface area contributed by atoms with Crippen molar-refractivity contribution >= 4 is 30.6 Å². The second kappa shape index (κ2) is 6.91. The fourth-order valence-corrected chi connectivity index (χ4v) is 1.66. The molecule has 1 fully saturated rings.